The Morgan fingerprint density at radius 1 is 0.967 bits per heavy atom. The van der Waals surface area contributed by atoms with Crippen LogP contribution in [-0.4, -0.2) is 34.6 Å². The number of hydrogen-bond donors (Lipinski definition) is 1. The van der Waals surface area contributed by atoms with Crippen LogP contribution in [-0.2, 0) is 21.9 Å². The number of benzene rings is 2. The van der Waals surface area contributed by atoms with Gasteiger partial charge >= 0.3 is 0 Å². The Kier molecular flexibility index (Phi) is 8.81. The van der Waals surface area contributed by atoms with Crippen molar-refractivity contribution in [2.45, 2.75) is 63.4 Å². The van der Waals surface area contributed by atoms with Gasteiger partial charge in [0, 0.05) is 18.3 Å². The molecule has 1 N–H and O–H groups in total. The number of amides is 2. The Labute approximate surface area is 184 Å². The molecular weight excluding hydrogens is 392 g/mol. The summed E-state index contributed by atoms with van der Waals surface area (Å²) in [6.07, 6.45) is 5.67. The molecular formula is C25H32N2O2S. The standard InChI is InChI=1S/C25H32N2O2S/c1-20(25(29)26-23-15-9-4-10-16-23)27(17-21-11-5-2-6-12-21)24(28)19-30-18-22-13-7-3-8-14-22/h2-3,5-8,11-14,20,23H,4,9-10,15-19H2,1H3,(H,26,29). The lowest BCUT2D eigenvalue weighted by molar-refractivity contribution is -0.139. The zero-order chi connectivity index (χ0) is 21.2. The summed E-state index contributed by atoms with van der Waals surface area (Å²) in [4.78, 5) is 27.8. The molecule has 3 rings (SSSR count). The van der Waals surface area contributed by atoms with E-state index in [-0.39, 0.29) is 17.9 Å². The first kappa shape index (κ1) is 22.4. The molecule has 1 aliphatic rings. The minimum Gasteiger partial charge on any atom is -0.352 e. The molecule has 4 nitrogen and oxygen atoms in total. The Hall–Kier alpha value is -2.27. The molecule has 0 radical (unpaired) electrons. The highest BCUT2D eigenvalue weighted by Crippen LogP contribution is 2.19. The highest BCUT2D eigenvalue weighted by Gasteiger charge is 2.27. The van der Waals surface area contributed by atoms with E-state index < -0.39 is 6.04 Å². The number of nitrogens with zero attached hydrogens (tertiary/aromatic N) is 1. The van der Waals surface area contributed by atoms with E-state index in [1.165, 1.54) is 24.8 Å². The Morgan fingerprint density at radius 3 is 2.20 bits per heavy atom. The molecule has 0 spiro atoms. The first-order valence-electron chi connectivity index (χ1n) is 10.9. The second-order valence-electron chi connectivity index (χ2n) is 8.01. The van der Waals surface area contributed by atoms with Gasteiger partial charge in [-0.3, -0.25) is 9.59 Å². The largest absolute Gasteiger partial charge is 0.352 e. The summed E-state index contributed by atoms with van der Waals surface area (Å²) in [5, 5.41) is 3.18. The summed E-state index contributed by atoms with van der Waals surface area (Å²) in [6, 6.07) is 19.8. The monoisotopic (exact) mass is 424 g/mol. The van der Waals surface area contributed by atoms with Crippen molar-refractivity contribution in [3.8, 4) is 0 Å². The molecule has 160 valence electrons. The van der Waals surface area contributed by atoms with Gasteiger partial charge in [-0.25, -0.2) is 0 Å². The number of nitrogens with one attached hydrogen (secondary N) is 1. The van der Waals surface area contributed by atoms with Gasteiger partial charge in [0.1, 0.15) is 6.04 Å². The van der Waals surface area contributed by atoms with Gasteiger partial charge in [-0.05, 0) is 30.9 Å². The van der Waals surface area contributed by atoms with Crippen LogP contribution in [0.15, 0.2) is 60.7 Å². The van der Waals surface area contributed by atoms with Crippen molar-refractivity contribution in [1.29, 1.82) is 0 Å². The summed E-state index contributed by atoms with van der Waals surface area (Å²) in [5.74, 6) is 1.11. The van der Waals surface area contributed by atoms with Gasteiger partial charge in [0.15, 0.2) is 0 Å². The number of carbonyl (C=O) groups is 2. The van der Waals surface area contributed by atoms with Crippen LogP contribution in [0.3, 0.4) is 0 Å². The van der Waals surface area contributed by atoms with Crippen LogP contribution in [0.4, 0.5) is 0 Å². The van der Waals surface area contributed by atoms with E-state index >= 15 is 0 Å². The fraction of sp³-hybridized carbons (Fsp3) is 0.440. The molecule has 1 aliphatic carbocycles. The van der Waals surface area contributed by atoms with Crippen molar-refractivity contribution in [1.82, 2.24) is 10.2 Å². The van der Waals surface area contributed by atoms with E-state index in [2.05, 4.69) is 17.4 Å². The Morgan fingerprint density at radius 2 is 1.57 bits per heavy atom. The second kappa shape index (κ2) is 11.8. The molecule has 1 atom stereocenters. The average Bonchev–Trinajstić information content (AvgIpc) is 2.79. The van der Waals surface area contributed by atoms with Gasteiger partial charge in [0.25, 0.3) is 0 Å². The van der Waals surface area contributed by atoms with Gasteiger partial charge in [-0.1, -0.05) is 79.9 Å². The summed E-state index contributed by atoms with van der Waals surface area (Å²) in [7, 11) is 0. The molecule has 1 saturated carbocycles. The van der Waals surface area contributed by atoms with Crippen molar-refractivity contribution in [2.24, 2.45) is 0 Å². The van der Waals surface area contributed by atoms with E-state index in [1.807, 2.05) is 55.5 Å². The van der Waals surface area contributed by atoms with E-state index in [4.69, 9.17) is 0 Å². The van der Waals surface area contributed by atoms with Gasteiger partial charge in [-0.15, -0.1) is 11.8 Å². The zero-order valence-electron chi connectivity index (χ0n) is 17.8. The highest BCUT2D eigenvalue weighted by molar-refractivity contribution is 7.99. The maximum atomic E-state index is 13.1. The van der Waals surface area contributed by atoms with Gasteiger partial charge in [0.05, 0.1) is 5.75 Å². The molecule has 1 unspecified atom stereocenters. The third-order valence-electron chi connectivity index (χ3n) is 5.65. The van der Waals surface area contributed by atoms with Crippen LogP contribution in [0.2, 0.25) is 0 Å². The van der Waals surface area contributed by atoms with E-state index in [9.17, 15) is 9.59 Å². The third kappa shape index (κ3) is 6.91. The fourth-order valence-electron chi connectivity index (χ4n) is 3.84. The quantitative estimate of drug-likeness (QED) is 0.630. The summed E-state index contributed by atoms with van der Waals surface area (Å²) < 4.78 is 0. The first-order chi connectivity index (χ1) is 14.6. The average molecular weight is 425 g/mol. The van der Waals surface area contributed by atoms with E-state index in [0.29, 0.717) is 12.3 Å². The lowest BCUT2D eigenvalue weighted by Crippen LogP contribution is -2.50. The van der Waals surface area contributed by atoms with Crippen molar-refractivity contribution >= 4 is 23.6 Å². The van der Waals surface area contributed by atoms with E-state index in [1.54, 1.807) is 16.7 Å². The van der Waals surface area contributed by atoms with Gasteiger partial charge in [-0.2, -0.15) is 0 Å². The predicted molar refractivity (Wildman–Crippen MR) is 124 cm³/mol. The van der Waals surface area contributed by atoms with Gasteiger partial charge < -0.3 is 10.2 Å². The summed E-state index contributed by atoms with van der Waals surface area (Å²) >= 11 is 1.60. The Balaban J connectivity index is 1.62. The zero-order valence-corrected chi connectivity index (χ0v) is 18.6. The lowest BCUT2D eigenvalue weighted by atomic mass is 9.95. The van der Waals surface area contributed by atoms with Crippen molar-refractivity contribution in [2.75, 3.05) is 5.75 Å². The molecule has 0 aliphatic heterocycles. The fourth-order valence-corrected chi connectivity index (χ4v) is 4.72. The number of thioether (sulfide) groups is 1. The molecule has 1 fully saturated rings. The highest BCUT2D eigenvalue weighted by atomic mass is 32.2. The maximum Gasteiger partial charge on any atom is 0.242 e. The first-order valence-corrected chi connectivity index (χ1v) is 12.0. The summed E-state index contributed by atoms with van der Waals surface area (Å²) in [6.45, 7) is 2.30. The van der Waals surface area contributed by atoms with Crippen LogP contribution >= 0.6 is 11.8 Å². The molecule has 5 heteroatoms. The number of carbonyl (C=O) groups excluding carboxylic acids is 2. The molecule has 30 heavy (non-hydrogen) atoms. The second-order valence-corrected chi connectivity index (χ2v) is 8.99. The van der Waals surface area contributed by atoms with Crippen molar-refractivity contribution in [3.63, 3.8) is 0 Å². The van der Waals surface area contributed by atoms with Gasteiger partial charge in [0.2, 0.25) is 11.8 Å². The third-order valence-corrected chi connectivity index (χ3v) is 6.64. The predicted octanol–water partition coefficient (Wildman–Crippen LogP) is 4.79. The lowest BCUT2D eigenvalue weighted by Gasteiger charge is -2.31. The topological polar surface area (TPSA) is 49.4 Å². The number of rotatable bonds is 9. The Bertz CT molecular complexity index is 791. The van der Waals surface area contributed by atoms with Crippen LogP contribution in [0.5, 0.6) is 0 Å². The van der Waals surface area contributed by atoms with Crippen LogP contribution in [0.25, 0.3) is 0 Å². The minimum absolute atomic E-state index is 0.00563. The molecule has 0 heterocycles. The SMILES string of the molecule is CC(C(=O)NC1CCCCC1)N(Cc1ccccc1)C(=O)CSCc1ccccc1. The van der Waals surface area contributed by atoms with E-state index in [0.717, 1.165) is 24.2 Å². The van der Waals surface area contributed by atoms with Crippen LogP contribution < -0.4 is 5.32 Å². The number of hydrogen-bond acceptors (Lipinski definition) is 3. The molecule has 0 aromatic heterocycles. The van der Waals surface area contributed by atoms with Crippen molar-refractivity contribution < 1.29 is 9.59 Å². The summed E-state index contributed by atoms with van der Waals surface area (Å²) in [5.41, 5.74) is 2.24. The minimum atomic E-state index is -0.489. The van der Waals surface area contributed by atoms with Crippen LogP contribution in [0, 0.1) is 0 Å². The molecule has 2 aromatic carbocycles. The normalized spacial score (nSPS) is 15.4. The molecule has 0 saturated heterocycles. The van der Waals surface area contributed by atoms with Crippen LogP contribution in [0.1, 0.15) is 50.2 Å². The smallest absolute Gasteiger partial charge is 0.242 e. The molecule has 2 amide bonds. The van der Waals surface area contributed by atoms with Crippen molar-refractivity contribution in [3.05, 3.63) is 71.8 Å². The maximum absolute atomic E-state index is 13.1. The molecule has 0 bridgehead atoms. The molecule has 2 aromatic rings.